The summed E-state index contributed by atoms with van der Waals surface area (Å²) in [6.45, 7) is 1.79. The second-order valence-electron chi connectivity index (χ2n) is 3.77. The fourth-order valence-electron chi connectivity index (χ4n) is 1.49. The van der Waals surface area contributed by atoms with Gasteiger partial charge >= 0.3 is 5.69 Å². The Morgan fingerprint density at radius 1 is 1.28 bits per heavy atom. The van der Waals surface area contributed by atoms with Gasteiger partial charge in [-0.2, -0.15) is 0 Å². The van der Waals surface area contributed by atoms with Crippen LogP contribution in [0.15, 0.2) is 33.9 Å². The summed E-state index contributed by atoms with van der Waals surface area (Å²) in [4.78, 5) is 24.2. The zero-order valence-electron chi connectivity index (χ0n) is 9.53. The Morgan fingerprint density at radius 3 is 2.56 bits per heavy atom. The molecule has 0 aliphatic rings. The predicted octanol–water partition coefficient (Wildman–Crippen LogP) is 0.770. The zero-order chi connectivity index (χ0) is 13.1. The lowest BCUT2D eigenvalue weighted by atomic mass is 10.1. The van der Waals surface area contributed by atoms with E-state index in [1.54, 1.807) is 19.1 Å². The van der Waals surface area contributed by atoms with E-state index >= 15 is 0 Å². The van der Waals surface area contributed by atoms with Gasteiger partial charge in [0.15, 0.2) is 0 Å². The van der Waals surface area contributed by atoms with Crippen molar-refractivity contribution in [1.82, 2.24) is 15.2 Å². The monoisotopic (exact) mass is 250 g/mol. The van der Waals surface area contributed by atoms with Crippen molar-refractivity contribution in [2.24, 2.45) is 0 Å². The number of hydrogen-bond acceptors (Lipinski definition) is 4. The summed E-state index contributed by atoms with van der Waals surface area (Å²) in [5, 5.41) is 8.54. The molecule has 1 atom stereocenters. The smallest absolute Gasteiger partial charge is 0.342 e. The van der Waals surface area contributed by atoms with Crippen LogP contribution in [-0.2, 0) is 0 Å². The summed E-state index contributed by atoms with van der Waals surface area (Å²) in [7, 11) is 0. The first-order chi connectivity index (χ1) is 8.56. The van der Waals surface area contributed by atoms with Gasteiger partial charge < -0.3 is 5.32 Å². The molecule has 0 amide bonds. The van der Waals surface area contributed by atoms with E-state index in [2.05, 4.69) is 20.5 Å². The largest absolute Gasteiger partial charge is 0.358 e. The van der Waals surface area contributed by atoms with Crippen LogP contribution < -0.4 is 16.6 Å². The van der Waals surface area contributed by atoms with Crippen LogP contribution >= 0.6 is 0 Å². The van der Waals surface area contributed by atoms with Crippen LogP contribution in [0.3, 0.4) is 0 Å². The van der Waals surface area contributed by atoms with Crippen molar-refractivity contribution < 1.29 is 4.39 Å². The minimum Gasteiger partial charge on any atom is -0.358 e. The average molecular weight is 250 g/mol. The molecule has 1 aromatic carbocycles. The third-order valence-corrected chi connectivity index (χ3v) is 2.43. The molecular formula is C11H11FN4O2. The number of anilines is 1. The molecule has 1 unspecified atom stereocenters. The Morgan fingerprint density at radius 2 is 1.94 bits per heavy atom. The van der Waals surface area contributed by atoms with Crippen LogP contribution in [0, 0.1) is 5.82 Å². The van der Waals surface area contributed by atoms with Crippen molar-refractivity contribution >= 4 is 5.82 Å². The maximum absolute atomic E-state index is 12.8. The van der Waals surface area contributed by atoms with E-state index in [1.807, 2.05) is 0 Å². The van der Waals surface area contributed by atoms with Crippen molar-refractivity contribution in [2.45, 2.75) is 13.0 Å². The molecule has 6 nitrogen and oxygen atoms in total. The molecule has 0 aliphatic heterocycles. The van der Waals surface area contributed by atoms with E-state index in [1.165, 1.54) is 12.1 Å². The van der Waals surface area contributed by atoms with E-state index in [4.69, 9.17) is 0 Å². The van der Waals surface area contributed by atoms with Gasteiger partial charge in [-0.1, -0.05) is 12.1 Å². The molecule has 3 N–H and O–H groups in total. The van der Waals surface area contributed by atoms with Gasteiger partial charge in [0.2, 0.25) is 5.82 Å². The van der Waals surface area contributed by atoms with E-state index in [9.17, 15) is 14.0 Å². The van der Waals surface area contributed by atoms with Crippen LogP contribution in [0.5, 0.6) is 0 Å². The lowest BCUT2D eigenvalue weighted by Gasteiger charge is -2.13. The highest BCUT2D eigenvalue weighted by atomic mass is 19.1. The number of aromatic amines is 2. The summed E-state index contributed by atoms with van der Waals surface area (Å²) in [6.07, 6.45) is 0. The van der Waals surface area contributed by atoms with Crippen LogP contribution in [0.4, 0.5) is 10.2 Å². The number of hydrogen-bond donors (Lipinski definition) is 3. The Kier molecular flexibility index (Phi) is 3.22. The lowest BCUT2D eigenvalue weighted by Crippen LogP contribution is -2.27. The molecule has 1 heterocycles. The van der Waals surface area contributed by atoms with E-state index < -0.39 is 11.2 Å². The third-order valence-electron chi connectivity index (χ3n) is 2.43. The normalized spacial score (nSPS) is 12.1. The van der Waals surface area contributed by atoms with Gasteiger partial charge in [-0.15, -0.1) is 5.10 Å². The Hall–Kier alpha value is -2.44. The highest BCUT2D eigenvalue weighted by Crippen LogP contribution is 2.15. The van der Waals surface area contributed by atoms with Crippen molar-refractivity contribution in [1.29, 1.82) is 0 Å². The zero-order valence-corrected chi connectivity index (χ0v) is 9.53. The second-order valence-corrected chi connectivity index (χ2v) is 3.77. The van der Waals surface area contributed by atoms with Crippen molar-refractivity contribution in [3.8, 4) is 0 Å². The number of aromatic nitrogens is 3. The molecule has 0 saturated heterocycles. The number of H-pyrrole nitrogens is 2. The average Bonchev–Trinajstić information content (AvgIpc) is 2.33. The first-order valence-corrected chi connectivity index (χ1v) is 5.27. The molecule has 94 valence electrons. The summed E-state index contributed by atoms with van der Waals surface area (Å²) in [5.41, 5.74) is -0.475. The summed E-state index contributed by atoms with van der Waals surface area (Å²) < 4.78 is 12.8. The third kappa shape index (κ3) is 2.62. The first kappa shape index (κ1) is 12.0. The van der Waals surface area contributed by atoms with Gasteiger partial charge in [0.1, 0.15) is 5.82 Å². The molecule has 1 aromatic heterocycles. The molecule has 0 saturated carbocycles. The Labute approximate surface area is 101 Å². The molecule has 0 spiro atoms. The predicted molar refractivity (Wildman–Crippen MR) is 63.9 cm³/mol. The number of nitrogens with zero attached hydrogens (tertiary/aromatic N) is 1. The van der Waals surface area contributed by atoms with Gasteiger partial charge in [-0.3, -0.25) is 9.78 Å². The first-order valence-electron chi connectivity index (χ1n) is 5.27. The number of nitrogens with one attached hydrogen (secondary N) is 3. The molecule has 2 rings (SSSR count). The van der Waals surface area contributed by atoms with Gasteiger partial charge in [-0.05, 0) is 24.6 Å². The molecule has 0 aliphatic carbocycles. The molecule has 0 fully saturated rings. The maximum Gasteiger partial charge on any atom is 0.342 e. The quantitative estimate of drug-likeness (QED) is 0.750. The van der Waals surface area contributed by atoms with Crippen molar-refractivity contribution in [2.75, 3.05) is 5.32 Å². The fourth-order valence-corrected chi connectivity index (χ4v) is 1.49. The summed E-state index contributed by atoms with van der Waals surface area (Å²) in [6, 6.07) is 5.63. The SMILES string of the molecule is CC(Nc1n[nH]c(=O)[nH]c1=O)c1ccc(F)cc1. The number of benzene rings is 1. The van der Waals surface area contributed by atoms with E-state index in [-0.39, 0.29) is 17.7 Å². The van der Waals surface area contributed by atoms with Gasteiger partial charge in [-0.25, -0.2) is 14.3 Å². The van der Waals surface area contributed by atoms with Gasteiger partial charge in [0.25, 0.3) is 5.56 Å². The van der Waals surface area contributed by atoms with E-state index in [0.717, 1.165) is 5.56 Å². The molecule has 7 heteroatoms. The summed E-state index contributed by atoms with van der Waals surface area (Å²) >= 11 is 0. The standard InChI is InChI=1S/C11H11FN4O2/c1-6(7-2-4-8(12)5-3-7)13-9-10(17)14-11(18)16-15-9/h2-6H,1H3,(H,13,15)(H2,14,16,17,18). The highest BCUT2D eigenvalue weighted by molar-refractivity contribution is 5.34. The molecule has 0 bridgehead atoms. The summed E-state index contributed by atoms with van der Waals surface area (Å²) in [5.74, 6) is -0.322. The van der Waals surface area contributed by atoms with Crippen molar-refractivity contribution in [3.05, 3.63) is 56.5 Å². The molecular weight excluding hydrogens is 239 g/mol. The van der Waals surface area contributed by atoms with Crippen LogP contribution in [0.2, 0.25) is 0 Å². The number of halogens is 1. The fraction of sp³-hybridized carbons (Fsp3) is 0.182. The van der Waals surface area contributed by atoms with E-state index in [0.29, 0.717) is 0 Å². The Balaban J connectivity index is 2.21. The van der Waals surface area contributed by atoms with Crippen LogP contribution in [0.25, 0.3) is 0 Å². The van der Waals surface area contributed by atoms with Crippen LogP contribution in [-0.4, -0.2) is 15.2 Å². The topological polar surface area (TPSA) is 90.6 Å². The van der Waals surface area contributed by atoms with Crippen molar-refractivity contribution in [3.63, 3.8) is 0 Å². The molecule has 2 aromatic rings. The second kappa shape index (κ2) is 4.82. The van der Waals surface area contributed by atoms with Gasteiger partial charge in [0.05, 0.1) is 6.04 Å². The molecule has 0 radical (unpaired) electrons. The van der Waals surface area contributed by atoms with Gasteiger partial charge in [0, 0.05) is 0 Å². The minimum absolute atomic E-state index is 0.00595. The highest BCUT2D eigenvalue weighted by Gasteiger charge is 2.09. The lowest BCUT2D eigenvalue weighted by molar-refractivity contribution is 0.626. The molecule has 18 heavy (non-hydrogen) atoms. The number of rotatable bonds is 3. The minimum atomic E-state index is -0.667. The maximum atomic E-state index is 12.8. The Bertz CT molecular complexity index is 647. The van der Waals surface area contributed by atoms with Crippen LogP contribution in [0.1, 0.15) is 18.5 Å².